The maximum Gasteiger partial charge on any atom is 0.239 e. The molecule has 0 aromatic carbocycles. The van der Waals surface area contributed by atoms with Gasteiger partial charge in [-0.2, -0.15) is 0 Å². The van der Waals surface area contributed by atoms with E-state index in [2.05, 4.69) is 25.0 Å². The molecule has 0 spiro atoms. The van der Waals surface area contributed by atoms with Crippen LogP contribution in [0.25, 0.3) is 0 Å². The Morgan fingerprint density at radius 2 is 1.85 bits per heavy atom. The van der Waals surface area contributed by atoms with E-state index < -0.39 is 0 Å². The summed E-state index contributed by atoms with van der Waals surface area (Å²) in [5.41, 5.74) is 3.30. The van der Waals surface area contributed by atoms with Crippen LogP contribution in [-0.2, 0) is 0 Å². The zero-order valence-electron chi connectivity index (χ0n) is 8.82. The van der Waals surface area contributed by atoms with Crippen LogP contribution in [0.4, 0.5) is 0 Å². The third-order valence-corrected chi connectivity index (χ3v) is 1.91. The number of hydrogen-bond donors (Lipinski definition) is 1. The Kier molecular flexibility index (Phi) is 6.12. The summed E-state index contributed by atoms with van der Waals surface area (Å²) in [5.74, 6) is 0. The topological polar surface area (TPSA) is 12.0 Å². The molecule has 2 heteroatoms. The summed E-state index contributed by atoms with van der Waals surface area (Å²) in [6.45, 7) is 15.6. The second kappa shape index (κ2) is 6.58. The Hall–Kier alpha value is -0.915. The molecule has 0 saturated carbocycles. The van der Waals surface area contributed by atoms with Gasteiger partial charge in [0.25, 0.3) is 0 Å². The van der Waals surface area contributed by atoms with E-state index in [0.717, 1.165) is 36.1 Å². The summed E-state index contributed by atoms with van der Waals surface area (Å²) in [4.78, 5) is 0. The van der Waals surface area contributed by atoms with Crippen molar-refractivity contribution in [2.75, 3.05) is 0 Å². The lowest BCUT2D eigenvalue weighted by molar-refractivity contribution is 0.790. The van der Waals surface area contributed by atoms with Gasteiger partial charge in [0, 0.05) is 0 Å². The number of allylic oxidation sites excluding steroid dienone is 3. The van der Waals surface area contributed by atoms with Crippen molar-refractivity contribution >= 4 is 7.41 Å². The van der Waals surface area contributed by atoms with E-state index in [9.17, 15) is 0 Å². The van der Waals surface area contributed by atoms with Gasteiger partial charge in [0.15, 0.2) is 0 Å². The molecule has 1 N–H and O–H groups in total. The van der Waals surface area contributed by atoms with Crippen LogP contribution < -0.4 is 5.23 Å². The van der Waals surface area contributed by atoms with E-state index in [4.69, 9.17) is 0 Å². The fraction of sp³-hybridized carbons (Fsp3) is 0.455. The highest BCUT2D eigenvalue weighted by Crippen LogP contribution is 2.13. The number of hydrogen-bond acceptors (Lipinski definition) is 1. The molecular weight excluding hydrogens is 157 g/mol. The Balaban J connectivity index is 3.50. The summed E-state index contributed by atoms with van der Waals surface area (Å²) in [7, 11) is 1.90. The predicted octanol–water partition coefficient (Wildman–Crippen LogP) is 3.06. The van der Waals surface area contributed by atoms with Gasteiger partial charge in [0.1, 0.15) is 0 Å². The molecule has 0 unspecified atom stereocenters. The van der Waals surface area contributed by atoms with E-state index >= 15 is 0 Å². The van der Waals surface area contributed by atoms with Gasteiger partial charge in [-0.25, -0.2) is 0 Å². The van der Waals surface area contributed by atoms with E-state index in [0.29, 0.717) is 0 Å². The summed E-state index contributed by atoms with van der Waals surface area (Å²) < 4.78 is 0. The van der Waals surface area contributed by atoms with Crippen LogP contribution >= 0.6 is 0 Å². The van der Waals surface area contributed by atoms with Crippen LogP contribution in [0.15, 0.2) is 36.6 Å². The largest absolute Gasteiger partial charge is 0.436 e. The summed E-state index contributed by atoms with van der Waals surface area (Å²) in [5, 5.41) is 3.08. The first kappa shape index (κ1) is 12.1. The molecule has 0 saturated heterocycles. The van der Waals surface area contributed by atoms with Crippen LogP contribution in [0.5, 0.6) is 0 Å². The van der Waals surface area contributed by atoms with Crippen molar-refractivity contribution in [2.24, 2.45) is 0 Å². The standard InChI is InChI=1S/C11H19BN/c1-9(2)10(3)7-6-8-11(4)13-12-5/h13H,1,3-4,6-8H2,2,5H3. The lowest BCUT2D eigenvalue weighted by Crippen LogP contribution is -2.14. The molecule has 71 valence electrons. The molecule has 0 aromatic heterocycles. The molecule has 0 aliphatic heterocycles. The van der Waals surface area contributed by atoms with E-state index in [1.807, 2.05) is 21.2 Å². The first-order valence-corrected chi connectivity index (χ1v) is 4.63. The molecule has 0 atom stereocenters. The highest BCUT2D eigenvalue weighted by molar-refractivity contribution is 6.30. The molecule has 0 rings (SSSR count). The van der Waals surface area contributed by atoms with E-state index in [1.165, 1.54) is 0 Å². The maximum atomic E-state index is 3.94. The quantitative estimate of drug-likeness (QED) is 0.464. The molecular formula is C11H19BN. The molecule has 0 bridgehead atoms. The van der Waals surface area contributed by atoms with Gasteiger partial charge in [-0.1, -0.05) is 37.7 Å². The molecule has 0 aromatic rings. The van der Waals surface area contributed by atoms with Gasteiger partial charge < -0.3 is 5.23 Å². The zero-order chi connectivity index (χ0) is 10.3. The van der Waals surface area contributed by atoms with Crippen molar-refractivity contribution in [3.8, 4) is 0 Å². The van der Waals surface area contributed by atoms with Gasteiger partial charge in [-0.05, 0) is 31.9 Å². The van der Waals surface area contributed by atoms with Gasteiger partial charge in [-0.3, -0.25) is 0 Å². The first-order chi connectivity index (χ1) is 6.07. The van der Waals surface area contributed by atoms with Crippen molar-refractivity contribution in [2.45, 2.75) is 33.0 Å². The lowest BCUT2D eigenvalue weighted by atomic mass is 9.98. The molecule has 0 aliphatic rings. The third kappa shape index (κ3) is 6.26. The van der Waals surface area contributed by atoms with Crippen LogP contribution in [0.2, 0.25) is 6.82 Å². The smallest absolute Gasteiger partial charge is 0.239 e. The van der Waals surface area contributed by atoms with Crippen molar-refractivity contribution in [3.05, 3.63) is 36.6 Å². The minimum absolute atomic E-state index is 0.997. The van der Waals surface area contributed by atoms with Gasteiger partial charge in [0.05, 0.1) is 0 Å². The van der Waals surface area contributed by atoms with Crippen LogP contribution in [-0.4, -0.2) is 7.41 Å². The Morgan fingerprint density at radius 3 is 2.31 bits per heavy atom. The molecule has 0 aliphatic carbocycles. The summed E-state index contributed by atoms with van der Waals surface area (Å²) in [6, 6.07) is 0. The minimum atomic E-state index is 0.997. The maximum absolute atomic E-state index is 3.94. The van der Waals surface area contributed by atoms with Gasteiger partial charge in [-0.15, -0.1) is 0 Å². The molecule has 0 heterocycles. The van der Waals surface area contributed by atoms with E-state index in [1.54, 1.807) is 0 Å². The Labute approximate surface area is 82.9 Å². The van der Waals surface area contributed by atoms with E-state index in [-0.39, 0.29) is 0 Å². The van der Waals surface area contributed by atoms with Crippen LogP contribution in [0.3, 0.4) is 0 Å². The average molecular weight is 176 g/mol. The second-order valence-corrected chi connectivity index (χ2v) is 3.27. The highest BCUT2D eigenvalue weighted by Gasteiger charge is 1.96. The third-order valence-electron chi connectivity index (χ3n) is 1.91. The Bertz CT molecular complexity index is 206. The highest BCUT2D eigenvalue weighted by atomic mass is 14.8. The van der Waals surface area contributed by atoms with Crippen molar-refractivity contribution in [1.29, 1.82) is 0 Å². The predicted molar refractivity (Wildman–Crippen MR) is 61.7 cm³/mol. The molecule has 0 amide bonds. The van der Waals surface area contributed by atoms with Crippen LogP contribution in [0, 0.1) is 0 Å². The fourth-order valence-corrected chi connectivity index (χ4v) is 1.00. The van der Waals surface area contributed by atoms with Gasteiger partial charge >= 0.3 is 0 Å². The van der Waals surface area contributed by atoms with Gasteiger partial charge in [0.2, 0.25) is 7.41 Å². The average Bonchev–Trinajstić information content (AvgIpc) is 2.04. The monoisotopic (exact) mass is 176 g/mol. The van der Waals surface area contributed by atoms with Crippen molar-refractivity contribution < 1.29 is 0 Å². The minimum Gasteiger partial charge on any atom is -0.436 e. The number of rotatable bonds is 7. The molecule has 1 radical (unpaired) electrons. The van der Waals surface area contributed by atoms with Crippen molar-refractivity contribution in [1.82, 2.24) is 5.23 Å². The van der Waals surface area contributed by atoms with Crippen LogP contribution in [0.1, 0.15) is 26.2 Å². The molecule has 0 fully saturated rings. The first-order valence-electron chi connectivity index (χ1n) is 4.63. The summed E-state index contributed by atoms with van der Waals surface area (Å²) >= 11 is 0. The summed E-state index contributed by atoms with van der Waals surface area (Å²) in [6.07, 6.45) is 3.10. The SMILES string of the molecule is C=C(CCCC(=C)C(=C)C)N[B]C. The molecule has 13 heavy (non-hydrogen) atoms. The fourth-order valence-electron chi connectivity index (χ4n) is 1.00. The lowest BCUT2D eigenvalue weighted by Gasteiger charge is -2.07. The number of nitrogens with one attached hydrogen (secondary N) is 1. The normalized spacial score (nSPS) is 9.08. The molecule has 1 nitrogen and oxygen atoms in total. The zero-order valence-corrected chi connectivity index (χ0v) is 8.82. The second-order valence-electron chi connectivity index (χ2n) is 3.27. The van der Waals surface area contributed by atoms with Crippen molar-refractivity contribution in [3.63, 3.8) is 0 Å². The Morgan fingerprint density at radius 1 is 1.23 bits per heavy atom.